The maximum Gasteiger partial charge on any atom is 0.101 e. The minimum atomic E-state index is 0.623. The van der Waals surface area contributed by atoms with Crippen LogP contribution < -0.4 is 0 Å². The standard InChI is InChI=1S/C49H30N4/c50-31-34-30-33(32-16-4-1-5-17-32)28-29-40(34)53-43-27-15-12-24-39(43)46-48-44(37-22-10-13-25-41(37)51(48)35-18-6-2-7-19-35)47-45(49(46)53)38-23-11-14-26-42(38)52(47)36-20-8-3-9-21-36/h1-30H. The molecule has 0 radical (unpaired) electrons. The highest BCUT2D eigenvalue weighted by molar-refractivity contribution is 6.40. The van der Waals surface area contributed by atoms with Crippen LogP contribution in [0.3, 0.4) is 0 Å². The third-order valence-corrected chi connectivity index (χ3v) is 10.8. The number of hydrogen-bond acceptors (Lipinski definition) is 1. The normalized spacial score (nSPS) is 11.8. The lowest BCUT2D eigenvalue weighted by atomic mass is 10.0. The maximum atomic E-state index is 10.9. The van der Waals surface area contributed by atoms with Crippen LogP contribution in [-0.4, -0.2) is 13.7 Å². The summed E-state index contributed by atoms with van der Waals surface area (Å²) >= 11 is 0. The molecule has 4 heteroatoms. The number of fused-ring (bicyclic) bond motifs is 12. The Bertz CT molecular complexity index is 3200. The fourth-order valence-corrected chi connectivity index (χ4v) is 8.72. The molecule has 0 aliphatic carbocycles. The number of para-hydroxylation sites is 5. The van der Waals surface area contributed by atoms with Crippen LogP contribution in [0.25, 0.3) is 93.6 Å². The summed E-state index contributed by atoms with van der Waals surface area (Å²) in [4.78, 5) is 0. The van der Waals surface area contributed by atoms with Gasteiger partial charge >= 0.3 is 0 Å². The summed E-state index contributed by atoms with van der Waals surface area (Å²) in [6.07, 6.45) is 0. The molecule has 11 aromatic rings. The smallest absolute Gasteiger partial charge is 0.101 e. The molecule has 53 heavy (non-hydrogen) atoms. The van der Waals surface area contributed by atoms with Crippen LogP contribution in [0.4, 0.5) is 0 Å². The molecule has 0 aliphatic rings. The van der Waals surface area contributed by atoms with Gasteiger partial charge in [0.05, 0.1) is 44.4 Å². The molecule has 11 rings (SSSR count). The van der Waals surface area contributed by atoms with E-state index in [2.05, 4.69) is 177 Å². The van der Waals surface area contributed by atoms with E-state index in [0.717, 1.165) is 77.4 Å². The van der Waals surface area contributed by atoms with E-state index in [9.17, 15) is 5.26 Å². The lowest BCUT2D eigenvalue weighted by Crippen LogP contribution is -2.00. The van der Waals surface area contributed by atoms with Gasteiger partial charge in [0, 0.05) is 43.7 Å². The van der Waals surface area contributed by atoms with Gasteiger partial charge in [0.2, 0.25) is 0 Å². The first-order chi connectivity index (χ1) is 26.3. The molecule has 0 unspecified atom stereocenters. The molecule has 246 valence electrons. The predicted molar refractivity (Wildman–Crippen MR) is 220 cm³/mol. The fraction of sp³-hybridized carbons (Fsp3) is 0. The molecule has 0 amide bonds. The van der Waals surface area contributed by atoms with Crippen molar-refractivity contribution in [2.45, 2.75) is 0 Å². The van der Waals surface area contributed by atoms with E-state index in [1.807, 2.05) is 24.3 Å². The molecule has 0 spiro atoms. The lowest BCUT2D eigenvalue weighted by Gasteiger charge is -2.14. The molecule has 0 fully saturated rings. The van der Waals surface area contributed by atoms with Crippen LogP contribution in [0.2, 0.25) is 0 Å². The van der Waals surface area contributed by atoms with Gasteiger partial charge in [0.1, 0.15) is 6.07 Å². The summed E-state index contributed by atoms with van der Waals surface area (Å²) in [5.41, 5.74) is 12.5. The quantitative estimate of drug-likeness (QED) is 0.183. The second-order valence-corrected chi connectivity index (χ2v) is 13.6. The zero-order valence-electron chi connectivity index (χ0n) is 28.6. The van der Waals surface area contributed by atoms with Crippen molar-refractivity contribution in [2.75, 3.05) is 0 Å². The monoisotopic (exact) mass is 674 g/mol. The molecule has 0 N–H and O–H groups in total. The first-order valence-electron chi connectivity index (χ1n) is 17.9. The van der Waals surface area contributed by atoms with Gasteiger partial charge in [-0.3, -0.25) is 0 Å². The highest BCUT2D eigenvalue weighted by Gasteiger charge is 2.29. The van der Waals surface area contributed by atoms with Gasteiger partial charge in [0.25, 0.3) is 0 Å². The molecule has 3 heterocycles. The van der Waals surface area contributed by atoms with Gasteiger partial charge in [-0.1, -0.05) is 127 Å². The van der Waals surface area contributed by atoms with E-state index < -0.39 is 0 Å². The van der Waals surface area contributed by atoms with E-state index in [4.69, 9.17) is 0 Å². The number of nitriles is 1. The number of rotatable bonds is 4. The largest absolute Gasteiger partial charge is 0.308 e. The topological polar surface area (TPSA) is 38.6 Å². The Balaban J connectivity index is 1.45. The van der Waals surface area contributed by atoms with Crippen molar-refractivity contribution in [3.63, 3.8) is 0 Å². The Morgan fingerprint density at radius 3 is 1.23 bits per heavy atom. The van der Waals surface area contributed by atoms with E-state index in [1.165, 1.54) is 16.2 Å². The molecular formula is C49H30N4. The zero-order chi connectivity index (χ0) is 35.0. The Morgan fingerprint density at radius 2 is 0.755 bits per heavy atom. The van der Waals surface area contributed by atoms with Crippen molar-refractivity contribution < 1.29 is 0 Å². The number of benzene rings is 8. The second-order valence-electron chi connectivity index (χ2n) is 13.6. The molecule has 0 saturated carbocycles. The lowest BCUT2D eigenvalue weighted by molar-refractivity contribution is 1.16. The molecule has 0 saturated heterocycles. The van der Waals surface area contributed by atoms with Gasteiger partial charge in [-0.25, -0.2) is 0 Å². The summed E-state index contributed by atoms with van der Waals surface area (Å²) in [6, 6.07) is 66.9. The molecule has 0 bridgehead atoms. The average molecular weight is 675 g/mol. The Labute approximate surface area is 305 Å². The van der Waals surface area contributed by atoms with Crippen LogP contribution in [0.5, 0.6) is 0 Å². The Hall–Kier alpha value is -7.35. The molecule has 0 atom stereocenters. The van der Waals surface area contributed by atoms with Crippen molar-refractivity contribution in [1.82, 2.24) is 13.7 Å². The van der Waals surface area contributed by atoms with Gasteiger partial charge in [0.15, 0.2) is 0 Å². The van der Waals surface area contributed by atoms with Crippen LogP contribution >= 0.6 is 0 Å². The molecular weight excluding hydrogens is 645 g/mol. The van der Waals surface area contributed by atoms with Gasteiger partial charge < -0.3 is 13.7 Å². The van der Waals surface area contributed by atoms with Crippen molar-refractivity contribution in [3.8, 4) is 34.3 Å². The average Bonchev–Trinajstić information content (AvgIpc) is 3.87. The summed E-state index contributed by atoms with van der Waals surface area (Å²) < 4.78 is 7.24. The minimum Gasteiger partial charge on any atom is -0.308 e. The SMILES string of the molecule is N#Cc1cc(-c2ccccc2)ccc1-n1c2ccccc2c2c3c(c4ccccc4n3-c3ccccc3)c3c(c4ccccc4n3-c3ccccc3)c21. The summed E-state index contributed by atoms with van der Waals surface area (Å²) in [5, 5.41) is 17.9. The first-order valence-corrected chi connectivity index (χ1v) is 17.9. The predicted octanol–water partition coefficient (Wildman–Crippen LogP) is 12.5. The number of aromatic nitrogens is 3. The Kier molecular flexibility index (Phi) is 6.28. The van der Waals surface area contributed by atoms with Crippen LogP contribution in [-0.2, 0) is 0 Å². The fourth-order valence-electron chi connectivity index (χ4n) is 8.72. The van der Waals surface area contributed by atoms with E-state index in [0.29, 0.717) is 5.56 Å². The molecule has 0 aliphatic heterocycles. The second kappa shape index (κ2) is 11.3. The Morgan fingerprint density at radius 1 is 0.358 bits per heavy atom. The molecule has 4 nitrogen and oxygen atoms in total. The highest BCUT2D eigenvalue weighted by Crippen LogP contribution is 2.50. The molecule has 3 aromatic heterocycles. The van der Waals surface area contributed by atoms with E-state index >= 15 is 0 Å². The van der Waals surface area contributed by atoms with Crippen LogP contribution in [0, 0.1) is 11.3 Å². The summed E-state index contributed by atoms with van der Waals surface area (Å²) in [6.45, 7) is 0. The van der Waals surface area contributed by atoms with Crippen molar-refractivity contribution in [2.24, 2.45) is 0 Å². The summed E-state index contributed by atoms with van der Waals surface area (Å²) in [5.74, 6) is 0. The van der Waals surface area contributed by atoms with Crippen LogP contribution in [0.1, 0.15) is 5.56 Å². The first kappa shape index (κ1) is 29.4. The zero-order valence-corrected chi connectivity index (χ0v) is 28.6. The van der Waals surface area contributed by atoms with Crippen molar-refractivity contribution in [1.29, 1.82) is 5.26 Å². The maximum absolute atomic E-state index is 10.9. The van der Waals surface area contributed by atoms with E-state index in [1.54, 1.807) is 0 Å². The van der Waals surface area contributed by atoms with Gasteiger partial charge in [-0.05, 0) is 65.7 Å². The minimum absolute atomic E-state index is 0.623. The van der Waals surface area contributed by atoms with Gasteiger partial charge in [-0.2, -0.15) is 5.26 Å². The van der Waals surface area contributed by atoms with E-state index in [-0.39, 0.29) is 0 Å². The molecule has 8 aromatic carbocycles. The highest BCUT2D eigenvalue weighted by atomic mass is 15.0. The third kappa shape index (κ3) is 4.11. The van der Waals surface area contributed by atoms with Crippen molar-refractivity contribution >= 4 is 65.4 Å². The number of nitrogens with zero attached hydrogens (tertiary/aromatic N) is 4. The van der Waals surface area contributed by atoms with Crippen molar-refractivity contribution in [3.05, 3.63) is 188 Å². The van der Waals surface area contributed by atoms with Crippen LogP contribution in [0.15, 0.2) is 182 Å². The third-order valence-electron chi connectivity index (χ3n) is 10.8. The van der Waals surface area contributed by atoms with Gasteiger partial charge in [-0.15, -0.1) is 0 Å². The summed E-state index contributed by atoms with van der Waals surface area (Å²) in [7, 11) is 0. The number of hydrogen-bond donors (Lipinski definition) is 0.